The van der Waals surface area contributed by atoms with E-state index in [-0.39, 0.29) is 29.3 Å². The Balaban J connectivity index is 1.61. The van der Waals surface area contributed by atoms with E-state index in [2.05, 4.69) is 77.2 Å². The van der Waals surface area contributed by atoms with E-state index in [9.17, 15) is 0 Å². The van der Waals surface area contributed by atoms with Gasteiger partial charge in [-0.15, -0.1) is 0 Å². The Bertz CT molecular complexity index is 1090. The highest BCUT2D eigenvalue weighted by Gasteiger charge is 2.40. The molecule has 0 radical (unpaired) electrons. The monoisotopic (exact) mass is 612 g/mol. The Morgan fingerprint density at radius 3 is 2.28 bits per heavy atom. The fraction of sp³-hybridized carbons (Fsp3) is 0.611. The summed E-state index contributed by atoms with van der Waals surface area (Å²) in [5.74, 6) is 0.291. The normalized spacial score (nSPS) is 20.7. The molecule has 43 heavy (non-hydrogen) atoms. The SMILES string of the molecule is COc1ccc(CO[C@H](CCOCc2ccccc2)[C@H](C)[C@@H]2C[C@@H](/C=C/CCO[Si](C)(C)C(C)(C)C)OC(C)(C)O2)cc1. The summed E-state index contributed by atoms with van der Waals surface area (Å²) in [6.45, 7) is 20.1. The Kier molecular flexibility index (Phi) is 13.5. The van der Waals surface area contributed by atoms with Crippen LogP contribution in [0.15, 0.2) is 66.7 Å². The lowest BCUT2D eigenvalue weighted by molar-refractivity contribution is -0.303. The highest BCUT2D eigenvalue weighted by Crippen LogP contribution is 2.37. The number of hydrogen-bond donors (Lipinski definition) is 0. The van der Waals surface area contributed by atoms with Crippen molar-refractivity contribution < 1.29 is 28.1 Å². The number of rotatable bonds is 16. The van der Waals surface area contributed by atoms with Gasteiger partial charge in [-0.05, 0) is 68.1 Å². The summed E-state index contributed by atoms with van der Waals surface area (Å²) in [4.78, 5) is 0. The number of benzene rings is 2. The van der Waals surface area contributed by atoms with Gasteiger partial charge in [0.2, 0.25) is 0 Å². The lowest BCUT2D eigenvalue weighted by Crippen LogP contribution is -2.48. The summed E-state index contributed by atoms with van der Waals surface area (Å²) in [6.07, 6.45) is 6.73. The maximum atomic E-state index is 6.57. The van der Waals surface area contributed by atoms with Crippen molar-refractivity contribution in [3.05, 3.63) is 77.9 Å². The number of methoxy groups -OCH3 is 1. The first kappa shape index (κ1) is 35.5. The van der Waals surface area contributed by atoms with Crippen molar-refractivity contribution in [3.8, 4) is 5.75 Å². The minimum atomic E-state index is -1.74. The van der Waals surface area contributed by atoms with Crippen LogP contribution in [0.25, 0.3) is 0 Å². The van der Waals surface area contributed by atoms with Crippen molar-refractivity contribution in [2.24, 2.45) is 5.92 Å². The molecule has 1 heterocycles. The quantitative estimate of drug-likeness (QED) is 0.107. The summed E-state index contributed by atoms with van der Waals surface area (Å²) >= 11 is 0. The minimum absolute atomic E-state index is 0.0168. The zero-order valence-electron chi connectivity index (χ0n) is 28.1. The van der Waals surface area contributed by atoms with Gasteiger partial charge in [-0.3, -0.25) is 0 Å². The third-order valence-electron chi connectivity index (χ3n) is 8.69. The Morgan fingerprint density at radius 1 is 0.953 bits per heavy atom. The molecule has 1 fully saturated rings. The first-order valence-corrected chi connectivity index (χ1v) is 18.7. The van der Waals surface area contributed by atoms with Crippen LogP contribution in [0.2, 0.25) is 18.1 Å². The second-order valence-corrected chi connectivity index (χ2v) is 18.5. The van der Waals surface area contributed by atoms with Gasteiger partial charge in [-0.2, -0.15) is 0 Å². The molecule has 0 aromatic heterocycles. The van der Waals surface area contributed by atoms with Crippen molar-refractivity contribution in [2.45, 2.75) is 116 Å². The van der Waals surface area contributed by atoms with Crippen LogP contribution in [0, 0.1) is 5.92 Å². The van der Waals surface area contributed by atoms with Crippen molar-refractivity contribution in [1.29, 1.82) is 0 Å². The first-order chi connectivity index (χ1) is 20.3. The Labute approximate surface area is 262 Å². The van der Waals surface area contributed by atoms with Crippen molar-refractivity contribution in [1.82, 2.24) is 0 Å². The maximum absolute atomic E-state index is 6.57. The number of hydrogen-bond acceptors (Lipinski definition) is 6. The van der Waals surface area contributed by atoms with Gasteiger partial charge < -0.3 is 28.1 Å². The van der Waals surface area contributed by atoms with E-state index in [0.717, 1.165) is 37.2 Å². The Morgan fingerprint density at radius 2 is 1.63 bits per heavy atom. The third kappa shape index (κ3) is 11.8. The average molecular weight is 613 g/mol. The van der Waals surface area contributed by atoms with Gasteiger partial charge in [0.1, 0.15) is 5.75 Å². The van der Waals surface area contributed by atoms with Gasteiger partial charge in [0.25, 0.3) is 0 Å². The molecule has 0 unspecified atom stereocenters. The van der Waals surface area contributed by atoms with Crippen LogP contribution in [0.1, 0.15) is 71.9 Å². The average Bonchev–Trinajstić information content (AvgIpc) is 2.95. The van der Waals surface area contributed by atoms with Crippen LogP contribution < -0.4 is 4.74 Å². The second-order valence-electron chi connectivity index (χ2n) is 13.7. The molecule has 0 spiro atoms. The largest absolute Gasteiger partial charge is 0.497 e. The fourth-order valence-corrected chi connectivity index (χ4v) is 6.06. The molecule has 240 valence electrons. The lowest BCUT2D eigenvalue weighted by atomic mass is 9.90. The lowest BCUT2D eigenvalue weighted by Gasteiger charge is -2.43. The second kappa shape index (κ2) is 16.3. The summed E-state index contributed by atoms with van der Waals surface area (Å²) in [5, 5.41) is 0.215. The smallest absolute Gasteiger partial charge is 0.191 e. The van der Waals surface area contributed by atoms with Gasteiger partial charge >= 0.3 is 0 Å². The zero-order valence-corrected chi connectivity index (χ0v) is 29.1. The van der Waals surface area contributed by atoms with Crippen LogP contribution in [0.5, 0.6) is 5.75 Å². The zero-order chi connectivity index (χ0) is 31.5. The van der Waals surface area contributed by atoms with Crippen molar-refractivity contribution in [3.63, 3.8) is 0 Å². The highest BCUT2D eigenvalue weighted by molar-refractivity contribution is 6.74. The predicted octanol–water partition coefficient (Wildman–Crippen LogP) is 8.70. The van der Waals surface area contributed by atoms with Gasteiger partial charge in [-0.1, -0.05) is 82.3 Å². The molecule has 1 saturated heterocycles. The van der Waals surface area contributed by atoms with E-state index < -0.39 is 14.1 Å². The molecular weight excluding hydrogens is 556 g/mol. The molecule has 7 heteroatoms. The molecule has 0 amide bonds. The summed E-state index contributed by atoms with van der Waals surface area (Å²) in [6, 6.07) is 18.3. The summed E-state index contributed by atoms with van der Waals surface area (Å²) < 4.78 is 37.1. The van der Waals surface area contributed by atoms with Crippen molar-refractivity contribution >= 4 is 8.32 Å². The molecule has 2 aromatic rings. The van der Waals surface area contributed by atoms with Crippen LogP contribution >= 0.6 is 0 Å². The molecule has 0 bridgehead atoms. The standard InChI is InChI=1S/C36H56O6Si/c1-28(34-25-32(41-36(5,6)42-34)17-13-14-23-40-43(8,9)35(2,3)4)33(22-24-38-26-29-15-11-10-12-16-29)39-27-30-18-20-31(37-7)21-19-30/h10-13,15-21,28,32-34H,14,22-27H2,1-9H3/b17-13+/t28-,32+,33+,34-/m0/s1. The third-order valence-corrected chi connectivity index (χ3v) is 13.2. The molecule has 1 aliphatic rings. The van der Waals surface area contributed by atoms with Crippen LogP contribution in [0.4, 0.5) is 0 Å². The van der Waals surface area contributed by atoms with E-state index in [1.54, 1.807) is 7.11 Å². The van der Waals surface area contributed by atoms with E-state index in [1.165, 1.54) is 5.56 Å². The topological polar surface area (TPSA) is 55.4 Å². The predicted molar refractivity (Wildman–Crippen MR) is 177 cm³/mol. The molecule has 4 atom stereocenters. The van der Waals surface area contributed by atoms with Gasteiger partial charge in [0.05, 0.1) is 38.6 Å². The van der Waals surface area contributed by atoms with Crippen LogP contribution in [0.3, 0.4) is 0 Å². The molecule has 0 N–H and O–H groups in total. The maximum Gasteiger partial charge on any atom is 0.191 e. The van der Waals surface area contributed by atoms with E-state index >= 15 is 0 Å². The molecule has 3 rings (SSSR count). The highest BCUT2D eigenvalue weighted by atomic mass is 28.4. The summed E-state index contributed by atoms with van der Waals surface area (Å²) in [5.41, 5.74) is 2.28. The molecule has 0 aliphatic carbocycles. The van der Waals surface area contributed by atoms with E-state index in [1.807, 2.05) is 44.2 Å². The first-order valence-electron chi connectivity index (χ1n) is 15.8. The Hall–Kier alpha value is -2.00. The van der Waals surface area contributed by atoms with Crippen LogP contribution in [-0.2, 0) is 36.6 Å². The molecule has 6 nitrogen and oxygen atoms in total. The molecular formula is C36H56O6Si. The van der Waals surface area contributed by atoms with E-state index in [4.69, 9.17) is 28.1 Å². The molecule has 0 saturated carbocycles. The van der Waals surface area contributed by atoms with Crippen molar-refractivity contribution in [2.75, 3.05) is 20.3 Å². The van der Waals surface area contributed by atoms with Gasteiger partial charge in [0, 0.05) is 25.6 Å². The van der Waals surface area contributed by atoms with Gasteiger partial charge in [-0.25, -0.2) is 0 Å². The number of ether oxygens (including phenoxy) is 5. The summed E-state index contributed by atoms with van der Waals surface area (Å²) in [7, 11) is -0.0622. The molecule has 1 aliphatic heterocycles. The molecule has 2 aromatic carbocycles. The van der Waals surface area contributed by atoms with Crippen LogP contribution in [-0.4, -0.2) is 52.7 Å². The van der Waals surface area contributed by atoms with Gasteiger partial charge in [0.15, 0.2) is 14.1 Å². The fourth-order valence-electron chi connectivity index (χ4n) is 4.99. The van der Waals surface area contributed by atoms with E-state index in [0.29, 0.717) is 19.8 Å². The minimum Gasteiger partial charge on any atom is -0.497 e.